The standard InChI is InChI=1S/C14H23NO2/c1-5-6-10-15(16)11-9-7-8-14(4,12(11)17-10)13(9,2)3/h9,11-12H,5-8H2,1-4H3/t9?,11-,12-,14+/m1/s1. The van der Waals surface area contributed by atoms with Crippen molar-refractivity contribution in [1.29, 1.82) is 0 Å². The van der Waals surface area contributed by atoms with E-state index in [0.29, 0.717) is 11.8 Å². The number of hydrogen-bond donors (Lipinski definition) is 0. The van der Waals surface area contributed by atoms with Gasteiger partial charge in [0, 0.05) is 11.3 Å². The molecule has 3 aliphatic rings. The molecule has 2 saturated carbocycles. The highest BCUT2D eigenvalue weighted by Gasteiger charge is 2.73. The fourth-order valence-corrected chi connectivity index (χ4v) is 4.49. The number of hydrogen-bond acceptors (Lipinski definition) is 2. The van der Waals surface area contributed by atoms with E-state index in [0.717, 1.165) is 12.8 Å². The summed E-state index contributed by atoms with van der Waals surface area (Å²) in [5, 5.41) is 12.4. The van der Waals surface area contributed by atoms with Crippen LogP contribution in [-0.4, -0.2) is 22.8 Å². The maximum absolute atomic E-state index is 12.4. The highest BCUT2D eigenvalue weighted by Crippen LogP contribution is 2.67. The van der Waals surface area contributed by atoms with E-state index in [9.17, 15) is 5.21 Å². The number of nitrogens with zero attached hydrogens (tertiary/aromatic N) is 1. The van der Waals surface area contributed by atoms with Gasteiger partial charge in [-0.2, -0.15) is 4.74 Å². The molecule has 0 radical (unpaired) electrons. The van der Waals surface area contributed by atoms with Gasteiger partial charge < -0.3 is 9.94 Å². The maximum Gasteiger partial charge on any atom is 0.348 e. The molecule has 0 aromatic heterocycles. The maximum atomic E-state index is 12.4. The minimum Gasteiger partial charge on any atom is -0.621 e. The van der Waals surface area contributed by atoms with Crippen molar-refractivity contribution in [1.82, 2.24) is 0 Å². The quantitative estimate of drug-likeness (QED) is 0.547. The highest BCUT2D eigenvalue weighted by atomic mass is 16.6. The molecular weight excluding hydrogens is 214 g/mol. The first-order chi connectivity index (χ1) is 7.93. The Morgan fingerprint density at radius 1 is 1.41 bits per heavy atom. The molecule has 0 spiro atoms. The molecule has 0 aromatic rings. The number of rotatable bonds is 2. The summed E-state index contributed by atoms with van der Waals surface area (Å²) >= 11 is 0. The monoisotopic (exact) mass is 237 g/mol. The predicted octanol–water partition coefficient (Wildman–Crippen LogP) is 2.92. The lowest BCUT2D eigenvalue weighted by molar-refractivity contribution is -0.505. The van der Waals surface area contributed by atoms with Gasteiger partial charge in [-0.3, -0.25) is 0 Å². The van der Waals surface area contributed by atoms with Crippen LogP contribution in [-0.2, 0) is 4.74 Å². The zero-order chi connectivity index (χ0) is 12.4. The summed E-state index contributed by atoms with van der Waals surface area (Å²) in [6, 6.07) is 0.0882. The first-order valence-electron chi connectivity index (χ1n) is 6.92. The van der Waals surface area contributed by atoms with Crippen molar-refractivity contribution in [3.8, 4) is 0 Å². The average Bonchev–Trinajstić information content (AvgIpc) is 2.75. The van der Waals surface area contributed by atoms with E-state index < -0.39 is 0 Å². The summed E-state index contributed by atoms with van der Waals surface area (Å²) in [5.74, 6) is 1.19. The second kappa shape index (κ2) is 3.18. The number of ether oxygens (including phenoxy) is 1. The third kappa shape index (κ3) is 1.11. The van der Waals surface area contributed by atoms with Crippen LogP contribution < -0.4 is 0 Å². The highest BCUT2D eigenvalue weighted by molar-refractivity contribution is 5.72. The summed E-state index contributed by atoms with van der Waals surface area (Å²) in [4.78, 5) is 0. The molecule has 0 saturated heterocycles. The zero-order valence-corrected chi connectivity index (χ0v) is 11.3. The smallest absolute Gasteiger partial charge is 0.348 e. The summed E-state index contributed by atoms with van der Waals surface area (Å²) in [6.07, 6.45) is 4.30. The van der Waals surface area contributed by atoms with Crippen molar-refractivity contribution < 1.29 is 9.48 Å². The molecule has 0 amide bonds. The number of fused-ring (bicyclic) bond motifs is 5. The van der Waals surface area contributed by atoms with E-state index in [4.69, 9.17) is 4.74 Å². The second-order valence-electron chi connectivity index (χ2n) is 6.78. The van der Waals surface area contributed by atoms with E-state index in [1.165, 1.54) is 17.6 Å². The molecule has 2 fully saturated rings. The lowest BCUT2D eigenvalue weighted by Crippen LogP contribution is -2.40. The van der Waals surface area contributed by atoms with Crippen LogP contribution in [0, 0.1) is 22.0 Å². The molecule has 4 atom stereocenters. The molecule has 0 aromatic carbocycles. The fourth-order valence-electron chi connectivity index (χ4n) is 4.49. The van der Waals surface area contributed by atoms with Crippen LogP contribution in [0.2, 0.25) is 0 Å². The van der Waals surface area contributed by atoms with Crippen molar-refractivity contribution in [2.45, 2.75) is 65.5 Å². The Hall–Kier alpha value is -0.730. The van der Waals surface area contributed by atoms with E-state index in [-0.39, 0.29) is 23.0 Å². The Balaban J connectivity index is 1.99. The minimum absolute atomic E-state index is 0.0882. The summed E-state index contributed by atoms with van der Waals surface area (Å²) in [6.45, 7) is 9.05. The van der Waals surface area contributed by atoms with Crippen LogP contribution in [0.3, 0.4) is 0 Å². The van der Waals surface area contributed by atoms with Crippen molar-refractivity contribution in [3.05, 3.63) is 5.21 Å². The number of hydroxylamine groups is 1. The van der Waals surface area contributed by atoms with Crippen LogP contribution in [0.4, 0.5) is 0 Å². The third-order valence-corrected chi connectivity index (χ3v) is 5.97. The van der Waals surface area contributed by atoms with Gasteiger partial charge in [0.05, 0.1) is 6.42 Å². The van der Waals surface area contributed by atoms with Gasteiger partial charge in [-0.15, -0.1) is 0 Å². The van der Waals surface area contributed by atoms with E-state index in [2.05, 4.69) is 27.7 Å². The van der Waals surface area contributed by atoms with Gasteiger partial charge in [-0.1, -0.05) is 27.7 Å². The lowest BCUT2D eigenvalue weighted by Gasteiger charge is -2.36. The van der Waals surface area contributed by atoms with E-state index in [1.54, 1.807) is 0 Å². The molecular formula is C14H23NO2. The summed E-state index contributed by atoms with van der Waals surface area (Å²) < 4.78 is 7.25. The van der Waals surface area contributed by atoms with Gasteiger partial charge in [0.15, 0.2) is 6.10 Å². The first kappa shape index (κ1) is 11.4. The van der Waals surface area contributed by atoms with Gasteiger partial charge in [-0.25, -0.2) is 0 Å². The SMILES string of the molecule is CCCC1=[N+]([O-])[C@@H]2C3CC[C@@](C)([C@@H]2O1)C3(C)C. The van der Waals surface area contributed by atoms with Gasteiger partial charge in [0.1, 0.15) is 0 Å². The molecule has 96 valence electrons. The van der Waals surface area contributed by atoms with Crippen LogP contribution in [0.15, 0.2) is 0 Å². The Morgan fingerprint density at radius 3 is 2.71 bits per heavy atom. The molecule has 1 heterocycles. The van der Waals surface area contributed by atoms with E-state index in [1.807, 2.05) is 0 Å². The zero-order valence-electron chi connectivity index (χ0n) is 11.3. The molecule has 17 heavy (non-hydrogen) atoms. The van der Waals surface area contributed by atoms with Crippen LogP contribution in [0.5, 0.6) is 0 Å². The largest absolute Gasteiger partial charge is 0.621 e. The van der Waals surface area contributed by atoms with Gasteiger partial charge >= 0.3 is 5.90 Å². The van der Waals surface area contributed by atoms with Crippen molar-refractivity contribution in [2.24, 2.45) is 16.7 Å². The minimum atomic E-state index is 0.0882. The Bertz CT molecular complexity index is 388. The molecule has 3 heteroatoms. The average molecular weight is 237 g/mol. The molecule has 0 N–H and O–H groups in total. The summed E-state index contributed by atoms with van der Waals surface area (Å²) in [5.41, 5.74) is 0.420. The van der Waals surface area contributed by atoms with E-state index >= 15 is 0 Å². The van der Waals surface area contributed by atoms with Crippen molar-refractivity contribution >= 4 is 5.90 Å². The van der Waals surface area contributed by atoms with Crippen LogP contribution >= 0.6 is 0 Å². The molecule has 2 bridgehead atoms. The second-order valence-corrected chi connectivity index (χ2v) is 6.78. The summed E-state index contributed by atoms with van der Waals surface area (Å²) in [7, 11) is 0. The lowest BCUT2D eigenvalue weighted by atomic mass is 9.70. The predicted molar refractivity (Wildman–Crippen MR) is 66.8 cm³/mol. The topological polar surface area (TPSA) is 35.3 Å². The van der Waals surface area contributed by atoms with Gasteiger partial charge in [-0.05, 0) is 24.7 Å². The van der Waals surface area contributed by atoms with Gasteiger partial charge in [0.25, 0.3) is 0 Å². The Labute approximate surface area is 103 Å². The molecule has 1 unspecified atom stereocenters. The molecule has 1 aliphatic heterocycles. The third-order valence-electron chi connectivity index (χ3n) is 5.97. The van der Waals surface area contributed by atoms with Crippen LogP contribution in [0.1, 0.15) is 53.4 Å². The normalized spacial score (nSPS) is 46.2. The van der Waals surface area contributed by atoms with Crippen molar-refractivity contribution in [3.63, 3.8) is 0 Å². The van der Waals surface area contributed by atoms with Gasteiger partial charge in [0.2, 0.25) is 6.04 Å². The molecule has 3 rings (SSSR count). The van der Waals surface area contributed by atoms with Crippen LogP contribution in [0.25, 0.3) is 0 Å². The molecule has 2 aliphatic carbocycles. The molecule has 3 nitrogen and oxygen atoms in total. The fraction of sp³-hybridized carbons (Fsp3) is 0.929. The Morgan fingerprint density at radius 2 is 2.12 bits per heavy atom. The Kier molecular flexibility index (Phi) is 2.13. The van der Waals surface area contributed by atoms with Crippen molar-refractivity contribution in [2.75, 3.05) is 0 Å². The first-order valence-corrected chi connectivity index (χ1v) is 6.92.